The molecule has 0 bridgehead atoms. The fraction of sp³-hybridized carbons (Fsp3) is 0.710. The zero-order chi connectivity index (χ0) is 28.3. The van der Waals surface area contributed by atoms with Gasteiger partial charge in [-0.2, -0.15) is 0 Å². The van der Waals surface area contributed by atoms with Crippen LogP contribution in [0, 0.1) is 12.8 Å². The first kappa shape index (κ1) is 31.6. The lowest BCUT2D eigenvalue weighted by atomic mass is 9.94. The molecule has 214 valence electrons. The van der Waals surface area contributed by atoms with Gasteiger partial charge < -0.3 is 20.3 Å². The quantitative estimate of drug-likeness (QED) is 0.305. The van der Waals surface area contributed by atoms with Crippen LogP contribution in [0.1, 0.15) is 116 Å². The maximum Gasteiger partial charge on any atom is 0.408 e. The van der Waals surface area contributed by atoms with E-state index in [9.17, 15) is 14.4 Å². The molecule has 1 aliphatic carbocycles. The van der Waals surface area contributed by atoms with Crippen LogP contribution in [-0.2, 0) is 14.3 Å². The Balaban J connectivity index is 2.45. The summed E-state index contributed by atoms with van der Waals surface area (Å²) in [7, 11) is 0. The van der Waals surface area contributed by atoms with E-state index in [0.717, 1.165) is 56.1 Å². The molecule has 0 heterocycles. The Morgan fingerprint density at radius 3 is 2.34 bits per heavy atom. The number of ether oxygens (including phenoxy) is 1. The summed E-state index contributed by atoms with van der Waals surface area (Å²) in [5, 5.41) is 6.10. The van der Waals surface area contributed by atoms with E-state index in [0.29, 0.717) is 13.0 Å². The molecule has 0 saturated heterocycles. The molecule has 1 aromatic rings. The summed E-state index contributed by atoms with van der Waals surface area (Å²) >= 11 is 0. The zero-order valence-corrected chi connectivity index (χ0v) is 24.8. The van der Waals surface area contributed by atoms with E-state index < -0.39 is 23.8 Å². The lowest BCUT2D eigenvalue weighted by Gasteiger charge is -2.36. The molecule has 0 aromatic heterocycles. The van der Waals surface area contributed by atoms with Crippen LogP contribution >= 0.6 is 0 Å². The molecule has 0 radical (unpaired) electrons. The second-order valence-electron chi connectivity index (χ2n) is 12.2. The van der Waals surface area contributed by atoms with E-state index in [-0.39, 0.29) is 23.8 Å². The van der Waals surface area contributed by atoms with Crippen LogP contribution in [0.5, 0.6) is 0 Å². The number of nitrogens with zero attached hydrogens (tertiary/aromatic N) is 1. The monoisotopic (exact) mass is 529 g/mol. The number of hydrogen-bond acceptors (Lipinski definition) is 4. The summed E-state index contributed by atoms with van der Waals surface area (Å²) in [5.74, 6) is -0.233. The molecule has 7 nitrogen and oxygen atoms in total. The average molecular weight is 530 g/mol. The Kier molecular flexibility index (Phi) is 12.6. The summed E-state index contributed by atoms with van der Waals surface area (Å²) in [6.07, 6.45) is 7.89. The molecule has 1 fully saturated rings. The zero-order valence-electron chi connectivity index (χ0n) is 24.8. The molecular weight excluding hydrogens is 478 g/mol. The van der Waals surface area contributed by atoms with Gasteiger partial charge in [-0.25, -0.2) is 4.79 Å². The minimum atomic E-state index is -0.790. The number of benzene rings is 1. The molecular formula is C31H51N3O4. The van der Waals surface area contributed by atoms with Crippen molar-refractivity contribution in [3.63, 3.8) is 0 Å². The molecule has 3 amide bonds. The van der Waals surface area contributed by atoms with Crippen molar-refractivity contribution in [2.75, 3.05) is 6.54 Å². The van der Waals surface area contributed by atoms with Gasteiger partial charge in [-0.15, -0.1) is 0 Å². The maximum atomic E-state index is 14.2. The molecule has 2 atom stereocenters. The smallest absolute Gasteiger partial charge is 0.408 e. The van der Waals surface area contributed by atoms with Crippen molar-refractivity contribution in [1.82, 2.24) is 15.5 Å². The standard InChI is InChI=1S/C31H51N3O4/c1-8-9-13-19-34(29(36)26(20-22(2)3)33-30(37)38-31(5,6)7)27(24-16-14-15-23(4)21-24)28(35)32-25-17-11-10-12-18-25/h14-16,21-22,25-27H,8-13,17-20H2,1-7H3,(H,32,35)(H,33,37). The highest BCUT2D eigenvalue weighted by Gasteiger charge is 2.37. The number of alkyl carbamates (subject to hydrolysis) is 1. The first-order chi connectivity index (χ1) is 17.9. The number of nitrogens with one attached hydrogen (secondary N) is 2. The molecule has 7 heteroatoms. The van der Waals surface area contributed by atoms with E-state index in [1.165, 1.54) is 6.42 Å². The summed E-state index contributed by atoms with van der Waals surface area (Å²) in [5.41, 5.74) is 1.15. The SMILES string of the molecule is CCCCCN(C(=O)C(CC(C)C)NC(=O)OC(C)(C)C)C(C(=O)NC1CCCCC1)c1cccc(C)c1. The van der Waals surface area contributed by atoms with Crippen molar-refractivity contribution in [3.8, 4) is 0 Å². The molecule has 2 N–H and O–H groups in total. The third-order valence-electron chi connectivity index (χ3n) is 6.85. The summed E-state index contributed by atoms with van der Waals surface area (Å²) in [4.78, 5) is 42.6. The predicted molar refractivity (Wildman–Crippen MR) is 153 cm³/mol. The molecule has 2 unspecified atom stereocenters. The van der Waals surface area contributed by atoms with E-state index >= 15 is 0 Å². The van der Waals surface area contributed by atoms with Crippen LogP contribution in [-0.4, -0.2) is 47.0 Å². The third-order valence-corrected chi connectivity index (χ3v) is 6.85. The van der Waals surface area contributed by atoms with Crippen LogP contribution in [0.3, 0.4) is 0 Å². The highest BCUT2D eigenvalue weighted by molar-refractivity contribution is 5.92. The van der Waals surface area contributed by atoms with E-state index in [4.69, 9.17) is 4.74 Å². The number of carbonyl (C=O) groups is 3. The Morgan fingerprint density at radius 1 is 1.08 bits per heavy atom. The van der Waals surface area contributed by atoms with Crippen molar-refractivity contribution in [3.05, 3.63) is 35.4 Å². The van der Waals surface area contributed by atoms with Crippen LogP contribution in [0.4, 0.5) is 4.79 Å². The molecule has 0 spiro atoms. The predicted octanol–water partition coefficient (Wildman–Crippen LogP) is 6.44. The first-order valence-electron chi connectivity index (χ1n) is 14.6. The highest BCUT2D eigenvalue weighted by atomic mass is 16.6. The largest absolute Gasteiger partial charge is 0.444 e. The summed E-state index contributed by atoms with van der Waals surface area (Å²) in [6.45, 7) is 14.0. The van der Waals surface area contributed by atoms with Gasteiger partial charge in [-0.3, -0.25) is 9.59 Å². The Bertz CT molecular complexity index is 903. The Labute approximate surface area is 230 Å². The van der Waals surface area contributed by atoms with Crippen molar-refractivity contribution in [2.24, 2.45) is 5.92 Å². The average Bonchev–Trinajstić information content (AvgIpc) is 2.82. The number of hydrogen-bond donors (Lipinski definition) is 2. The fourth-order valence-electron chi connectivity index (χ4n) is 5.08. The van der Waals surface area contributed by atoms with Crippen LogP contribution in [0.25, 0.3) is 0 Å². The van der Waals surface area contributed by atoms with Gasteiger partial charge in [-0.1, -0.05) is 82.7 Å². The van der Waals surface area contributed by atoms with E-state index in [1.807, 2.05) is 45.0 Å². The Hall–Kier alpha value is -2.57. The lowest BCUT2D eigenvalue weighted by Crippen LogP contribution is -2.54. The van der Waals surface area contributed by atoms with Gasteiger partial charge in [-0.05, 0) is 64.9 Å². The second kappa shape index (κ2) is 15.1. The van der Waals surface area contributed by atoms with Crippen molar-refractivity contribution < 1.29 is 19.1 Å². The van der Waals surface area contributed by atoms with Crippen molar-refractivity contribution in [2.45, 2.75) is 130 Å². The minimum absolute atomic E-state index is 0.127. The van der Waals surface area contributed by atoms with Gasteiger partial charge in [0.1, 0.15) is 17.7 Å². The van der Waals surface area contributed by atoms with Gasteiger partial charge >= 0.3 is 6.09 Å². The van der Waals surface area contributed by atoms with Crippen LogP contribution in [0.15, 0.2) is 24.3 Å². The van der Waals surface area contributed by atoms with Gasteiger partial charge in [0.05, 0.1) is 0 Å². The van der Waals surface area contributed by atoms with Gasteiger partial charge in [0.15, 0.2) is 0 Å². The number of aryl methyl sites for hydroxylation is 1. The lowest BCUT2D eigenvalue weighted by molar-refractivity contribution is -0.143. The van der Waals surface area contributed by atoms with Crippen molar-refractivity contribution >= 4 is 17.9 Å². The van der Waals surface area contributed by atoms with E-state index in [1.54, 1.807) is 25.7 Å². The van der Waals surface area contributed by atoms with Crippen LogP contribution in [0.2, 0.25) is 0 Å². The fourth-order valence-corrected chi connectivity index (χ4v) is 5.08. The molecule has 1 aromatic carbocycles. The summed E-state index contributed by atoms with van der Waals surface area (Å²) in [6, 6.07) is 6.42. The molecule has 2 rings (SSSR count). The number of rotatable bonds is 12. The van der Waals surface area contributed by atoms with E-state index in [2.05, 4.69) is 17.6 Å². The third kappa shape index (κ3) is 10.7. The van der Waals surface area contributed by atoms with Gasteiger partial charge in [0.2, 0.25) is 11.8 Å². The minimum Gasteiger partial charge on any atom is -0.444 e. The van der Waals surface area contributed by atoms with Gasteiger partial charge in [0.25, 0.3) is 0 Å². The summed E-state index contributed by atoms with van der Waals surface area (Å²) < 4.78 is 5.49. The first-order valence-corrected chi connectivity index (χ1v) is 14.6. The van der Waals surface area contributed by atoms with Crippen molar-refractivity contribution in [1.29, 1.82) is 0 Å². The maximum absolute atomic E-state index is 14.2. The molecule has 0 aliphatic heterocycles. The highest BCUT2D eigenvalue weighted by Crippen LogP contribution is 2.27. The number of unbranched alkanes of at least 4 members (excludes halogenated alkanes) is 2. The molecule has 1 saturated carbocycles. The molecule has 38 heavy (non-hydrogen) atoms. The van der Waals surface area contributed by atoms with Crippen LogP contribution < -0.4 is 10.6 Å². The number of carbonyl (C=O) groups excluding carboxylic acids is 3. The van der Waals surface area contributed by atoms with Gasteiger partial charge in [0, 0.05) is 12.6 Å². The topological polar surface area (TPSA) is 87.7 Å². The second-order valence-corrected chi connectivity index (χ2v) is 12.2. The number of amides is 3. The Morgan fingerprint density at radius 2 is 1.76 bits per heavy atom. The normalized spacial score (nSPS) is 16.0. The molecule has 1 aliphatic rings.